The van der Waals surface area contributed by atoms with Crippen LogP contribution in [0.2, 0.25) is 5.02 Å². The lowest BCUT2D eigenvalue weighted by molar-refractivity contribution is 1.07. The van der Waals surface area contributed by atoms with E-state index >= 15 is 0 Å². The Kier molecular flexibility index (Phi) is 6.39. The van der Waals surface area contributed by atoms with Gasteiger partial charge in [0.15, 0.2) is 17.5 Å². The molecule has 8 rings (SSSR count). The molecule has 0 N–H and O–H groups in total. The summed E-state index contributed by atoms with van der Waals surface area (Å²) in [5.41, 5.74) is 6.68. The highest BCUT2D eigenvalue weighted by molar-refractivity contribution is 6.31. The van der Waals surface area contributed by atoms with E-state index in [1.165, 1.54) is 0 Å². The van der Waals surface area contributed by atoms with E-state index in [1.807, 2.05) is 109 Å². The monoisotopic (exact) mass is 586 g/mol. The first kappa shape index (κ1) is 25.9. The Morgan fingerprint density at radius 2 is 1.14 bits per heavy atom. The number of nitrogens with zero attached hydrogens (tertiary/aromatic N) is 6. The molecule has 0 radical (unpaired) electrons. The summed E-state index contributed by atoms with van der Waals surface area (Å²) in [6, 6.07) is 40.3. The summed E-state index contributed by atoms with van der Waals surface area (Å²) in [5, 5.41) is 2.80. The maximum absolute atomic E-state index is 6.77. The van der Waals surface area contributed by atoms with Crippen LogP contribution in [0.3, 0.4) is 0 Å². The molecule has 208 valence electrons. The molecule has 4 aromatic carbocycles. The first-order chi connectivity index (χ1) is 21.7. The smallest absolute Gasteiger partial charge is 0.164 e. The summed E-state index contributed by atoms with van der Waals surface area (Å²) in [7, 11) is 0. The van der Waals surface area contributed by atoms with Gasteiger partial charge in [0.2, 0.25) is 0 Å². The Balaban J connectivity index is 1.29. The second-order valence-corrected chi connectivity index (χ2v) is 10.9. The molecule has 8 aromatic rings. The van der Waals surface area contributed by atoms with Crippen LogP contribution < -0.4 is 0 Å². The Morgan fingerprint density at radius 1 is 0.477 bits per heavy atom. The second kappa shape index (κ2) is 10.8. The van der Waals surface area contributed by atoms with E-state index in [0.29, 0.717) is 22.5 Å². The highest BCUT2D eigenvalue weighted by atomic mass is 35.5. The minimum atomic E-state index is 0.556. The average molecular weight is 587 g/mol. The zero-order valence-corrected chi connectivity index (χ0v) is 24.1. The number of aromatic nitrogens is 6. The van der Waals surface area contributed by atoms with Crippen LogP contribution >= 0.6 is 11.6 Å². The quantitative estimate of drug-likeness (QED) is 0.201. The molecule has 0 saturated carbocycles. The molecule has 7 heteroatoms. The second-order valence-electron chi connectivity index (χ2n) is 10.4. The molecule has 4 heterocycles. The number of pyridine rings is 2. The fourth-order valence-corrected chi connectivity index (χ4v) is 5.84. The molecular formula is C37H23ClN6. The van der Waals surface area contributed by atoms with Gasteiger partial charge in [0.1, 0.15) is 5.82 Å². The van der Waals surface area contributed by atoms with Gasteiger partial charge in [-0.25, -0.2) is 19.9 Å². The van der Waals surface area contributed by atoms with Gasteiger partial charge in [0.05, 0.1) is 17.2 Å². The largest absolute Gasteiger partial charge is 0.292 e. The third-order valence-corrected chi connectivity index (χ3v) is 7.85. The van der Waals surface area contributed by atoms with Crippen LogP contribution in [0.1, 0.15) is 0 Å². The zero-order valence-electron chi connectivity index (χ0n) is 23.3. The predicted octanol–water partition coefficient (Wildman–Crippen LogP) is 9.08. The lowest BCUT2D eigenvalue weighted by Gasteiger charge is -2.11. The summed E-state index contributed by atoms with van der Waals surface area (Å²) in [5.74, 6) is 2.61. The van der Waals surface area contributed by atoms with E-state index in [-0.39, 0.29) is 0 Å². The Hall–Kier alpha value is -5.72. The lowest BCUT2D eigenvalue weighted by Crippen LogP contribution is -2.00. The molecule has 44 heavy (non-hydrogen) atoms. The first-order valence-corrected chi connectivity index (χ1v) is 14.6. The van der Waals surface area contributed by atoms with E-state index in [2.05, 4.69) is 38.8 Å². The van der Waals surface area contributed by atoms with Crippen molar-refractivity contribution in [3.05, 3.63) is 145 Å². The van der Waals surface area contributed by atoms with Crippen molar-refractivity contribution in [1.82, 2.24) is 29.5 Å². The molecule has 0 aliphatic carbocycles. The normalized spacial score (nSPS) is 11.3. The van der Waals surface area contributed by atoms with Crippen molar-refractivity contribution < 1.29 is 0 Å². The number of fused-ring (bicyclic) bond motifs is 3. The molecule has 0 aliphatic rings. The van der Waals surface area contributed by atoms with Crippen molar-refractivity contribution in [2.45, 2.75) is 0 Å². The number of benzene rings is 4. The fourth-order valence-electron chi connectivity index (χ4n) is 5.60. The van der Waals surface area contributed by atoms with E-state index < -0.39 is 0 Å². The number of halogens is 1. The van der Waals surface area contributed by atoms with Gasteiger partial charge in [-0.05, 0) is 59.7 Å². The summed E-state index contributed by atoms with van der Waals surface area (Å²) in [4.78, 5) is 23.7. The lowest BCUT2D eigenvalue weighted by atomic mass is 10.0. The molecule has 0 amide bonds. The molecule has 0 bridgehead atoms. The average Bonchev–Trinajstić information content (AvgIpc) is 3.43. The van der Waals surface area contributed by atoms with Gasteiger partial charge >= 0.3 is 0 Å². The topological polar surface area (TPSA) is 69.4 Å². The van der Waals surface area contributed by atoms with Crippen LogP contribution in [0.25, 0.3) is 72.9 Å². The summed E-state index contributed by atoms with van der Waals surface area (Å²) in [6.07, 6.45) is 5.51. The predicted molar refractivity (Wildman–Crippen MR) is 177 cm³/mol. The Morgan fingerprint density at radius 3 is 1.82 bits per heavy atom. The van der Waals surface area contributed by atoms with Gasteiger partial charge < -0.3 is 0 Å². The highest BCUT2D eigenvalue weighted by Gasteiger charge is 2.16. The molecule has 0 unspecified atom stereocenters. The van der Waals surface area contributed by atoms with Crippen LogP contribution in [0.5, 0.6) is 0 Å². The number of rotatable bonds is 5. The maximum Gasteiger partial charge on any atom is 0.164 e. The Bertz CT molecular complexity index is 2230. The van der Waals surface area contributed by atoms with Crippen molar-refractivity contribution in [1.29, 1.82) is 0 Å². The molecular weight excluding hydrogens is 564 g/mol. The van der Waals surface area contributed by atoms with Crippen LogP contribution in [-0.4, -0.2) is 29.5 Å². The molecule has 4 aromatic heterocycles. The van der Waals surface area contributed by atoms with E-state index in [0.717, 1.165) is 55.4 Å². The van der Waals surface area contributed by atoms with Crippen LogP contribution in [0, 0.1) is 0 Å². The van der Waals surface area contributed by atoms with Crippen LogP contribution in [-0.2, 0) is 0 Å². The summed E-state index contributed by atoms with van der Waals surface area (Å²) >= 11 is 6.77. The minimum absolute atomic E-state index is 0.556. The summed E-state index contributed by atoms with van der Waals surface area (Å²) < 4.78 is 2.14. The number of hydrogen-bond donors (Lipinski definition) is 0. The van der Waals surface area contributed by atoms with E-state index in [9.17, 15) is 0 Å². The highest BCUT2D eigenvalue weighted by Crippen LogP contribution is 2.36. The van der Waals surface area contributed by atoms with E-state index in [4.69, 9.17) is 26.6 Å². The molecule has 0 saturated heterocycles. The molecule has 0 atom stereocenters. The fraction of sp³-hybridized carbons (Fsp3) is 0. The Labute approximate surface area is 258 Å². The number of hydrogen-bond acceptors (Lipinski definition) is 5. The molecule has 0 spiro atoms. The van der Waals surface area contributed by atoms with Gasteiger partial charge in [-0.3, -0.25) is 9.55 Å². The van der Waals surface area contributed by atoms with E-state index in [1.54, 1.807) is 6.20 Å². The van der Waals surface area contributed by atoms with Crippen LogP contribution in [0.15, 0.2) is 140 Å². The van der Waals surface area contributed by atoms with Crippen molar-refractivity contribution >= 4 is 33.4 Å². The maximum atomic E-state index is 6.77. The zero-order chi connectivity index (χ0) is 29.5. The molecule has 6 nitrogen and oxygen atoms in total. The third-order valence-electron chi connectivity index (χ3n) is 7.64. The third kappa shape index (κ3) is 4.68. The van der Waals surface area contributed by atoms with Crippen molar-refractivity contribution in [3.8, 4) is 51.1 Å². The standard InChI is InChI=1S/C37H23ClN6/c38-29-20-27(26-14-15-32-31(22-26)30-16-18-39-23-33(30)44(32)34-13-7-8-17-40-34)19-28(21-29)37-42-35(24-9-3-1-4-10-24)41-36(43-37)25-11-5-2-6-12-25/h1-23H. The van der Waals surface area contributed by atoms with Gasteiger partial charge in [-0.1, -0.05) is 84.4 Å². The molecule has 0 fully saturated rings. The van der Waals surface area contributed by atoms with Gasteiger partial charge in [0, 0.05) is 44.9 Å². The summed E-state index contributed by atoms with van der Waals surface area (Å²) in [6.45, 7) is 0. The van der Waals surface area contributed by atoms with Crippen molar-refractivity contribution in [3.63, 3.8) is 0 Å². The van der Waals surface area contributed by atoms with Crippen molar-refractivity contribution in [2.75, 3.05) is 0 Å². The first-order valence-electron chi connectivity index (χ1n) is 14.2. The van der Waals surface area contributed by atoms with Gasteiger partial charge in [0.25, 0.3) is 0 Å². The molecule has 0 aliphatic heterocycles. The SMILES string of the molecule is Clc1cc(-c2ccc3c(c2)c2ccncc2n3-c2ccccn2)cc(-c2nc(-c3ccccc3)nc(-c3ccccc3)n2)c1. The van der Waals surface area contributed by atoms with Gasteiger partial charge in [-0.2, -0.15) is 0 Å². The van der Waals surface area contributed by atoms with Gasteiger partial charge in [-0.15, -0.1) is 0 Å². The van der Waals surface area contributed by atoms with Crippen LogP contribution in [0.4, 0.5) is 0 Å². The minimum Gasteiger partial charge on any atom is -0.292 e. The van der Waals surface area contributed by atoms with Crippen molar-refractivity contribution in [2.24, 2.45) is 0 Å².